The Kier molecular flexibility index (Phi) is 5.22. The molecule has 1 heterocycles. The summed E-state index contributed by atoms with van der Waals surface area (Å²) in [6.07, 6.45) is 1.82. The highest BCUT2D eigenvalue weighted by atomic mass is 16.5. The highest BCUT2D eigenvalue weighted by Gasteiger charge is 2.11. The van der Waals surface area contributed by atoms with Gasteiger partial charge < -0.3 is 19.4 Å². The summed E-state index contributed by atoms with van der Waals surface area (Å²) in [4.78, 5) is 24.1. The number of carbonyl (C=O) groups is 2. The minimum absolute atomic E-state index is 0.140. The van der Waals surface area contributed by atoms with Crippen molar-refractivity contribution in [2.45, 2.75) is 13.5 Å². The molecule has 6 heteroatoms. The Morgan fingerprint density at radius 3 is 2.54 bits per heavy atom. The summed E-state index contributed by atoms with van der Waals surface area (Å²) < 4.78 is 11.9. The van der Waals surface area contributed by atoms with Gasteiger partial charge in [0.1, 0.15) is 12.3 Å². The van der Waals surface area contributed by atoms with Crippen molar-refractivity contribution in [1.29, 1.82) is 0 Å². The molecule has 0 bridgehead atoms. The fraction of sp³-hybridized carbons (Fsp3) is 0.200. The summed E-state index contributed by atoms with van der Waals surface area (Å²) in [7, 11) is 1.34. The Balaban J connectivity index is 1.73. The fourth-order valence-electron chi connectivity index (χ4n) is 2.72. The van der Waals surface area contributed by atoms with Crippen LogP contribution in [-0.4, -0.2) is 30.2 Å². The van der Waals surface area contributed by atoms with Gasteiger partial charge in [-0.05, 0) is 54.8 Å². The second-order valence-corrected chi connectivity index (χ2v) is 5.71. The van der Waals surface area contributed by atoms with Crippen molar-refractivity contribution in [3.05, 3.63) is 60.3 Å². The lowest BCUT2D eigenvalue weighted by Crippen LogP contribution is -2.18. The summed E-state index contributed by atoms with van der Waals surface area (Å²) in [5.74, 6) is 0.200. The molecule has 0 radical (unpaired) electrons. The molecule has 1 amide bonds. The van der Waals surface area contributed by atoms with Crippen LogP contribution in [0.5, 0.6) is 5.75 Å². The van der Waals surface area contributed by atoms with E-state index in [4.69, 9.17) is 9.47 Å². The van der Waals surface area contributed by atoms with Crippen molar-refractivity contribution in [3.63, 3.8) is 0 Å². The van der Waals surface area contributed by atoms with Crippen molar-refractivity contribution >= 4 is 28.5 Å². The average Bonchev–Trinajstić information content (AvgIpc) is 3.05. The zero-order chi connectivity index (χ0) is 18.5. The predicted molar refractivity (Wildman–Crippen MR) is 99.5 cm³/mol. The minimum atomic E-state index is -0.404. The highest BCUT2D eigenvalue weighted by molar-refractivity contribution is 5.96. The highest BCUT2D eigenvalue weighted by Crippen LogP contribution is 2.19. The Morgan fingerprint density at radius 1 is 1.08 bits per heavy atom. The van der Waals surface area contributed by atoms with Crippen LogP contribution in [0, 0.1) is 0 Å². The van der Waals surface area contributed by atoms with E-state index in [0.29, 0.717) is 17.9 Å². The van der Waals surface area contributed by atoms with Gasteiger partial charge in [-0.3, -0.25) is 4.79 Å². The van der Waals surface area contributed by atoms with Crippen LogP contribution in [0.4, 0.5) is 5.69 Å². The van der Waals surface area contributed by atoms with Crippen LogP contribution < -0.4 is 10.1 Å². The number of fused-ring (bicyclic) bond motifs is 1. The zero-order valence-corrected chi connectivity index (χ0v) is 14.7. The van der Waals surface area contributed by atoms with E-state index in [1.807, 2.05) is 37.4 Å². The molecule has 0 aliphatic heterocycles. The number of carbonyl (C=O) groups excluding carboxylic acids is 2. The molecule has 3 rings (SSSR count). The van der Waals surface area contributed by atoms with Crippen LogP contribution in [0.25, 0.3) is 10.9 Å². The van der Waals surface area contributed by atoms with Gasteiger partial charge in [0.2, 0.25) is 5.91 Å². The van der Waals surface area contributed by atoms with E-state index in [1.54, 1.807) is 28.8 Å². The molecular formula is C20H20N2O4. The molecule has 0 saturated carbocycles. The lowest BCUT2D eigenvalue weighted by Gasteiger charge is -2.09. The number of anilines is 1. The first-order valence-corrected chi connectivity index (χ1v) is 8.30. The molecule has 0 unspecified atom stereocenters. The number of aromatic nitrogens is 1. The van der Waals surface area contributed by atoms with Crippen LogP contribution in [0.1, 0.15) is 17.3 Å². The molecule has 0 fully saturated rings. The van der Waals surface area contributed by atoms with E-state index in [9.17, 15) is 9.59 Å². The summed E-state index contributed by atoms with van der Waals surface area (Å²) in [6.45, 7) is 2.66. The average molecular weight is 352 g/mol. The van der Waals surface area contributed by atoms with Gasteiger partial charge in [0, 0.05) is 17.4 Å². The molecule has 26 heavy (non-hydrogen) atoms. The number of nitrogens with one attached hydrogen (secondary N) is 1. The van der Waals surface area contributed by atoms with Crippen molar-refractivity contribution in [2.24, 2.45) is 0 Å². The maximum absolute atomic E-state index is 12.4. The van der Waals surface area contributed by atoms with Crippen LogP contribution in [0.3, 0.4) is 0 Å². The molecule has 0 aliphatic carbocycles. The molecule has 0 atom stereocenters. The van der Waals surface area contributed by atoms with Gasteiger partial charge >= 0.3 is 5.97 Å². The van der Waals surface area contributed by atoms with Crippen molar-refractivity contribution < 1.29 is 19.1 Å². The number of methoxy groups -OCH3 is 1. The van der Waals surface area contributed by atoms with Crippen molar-refractivity contribution in [3.8, 4) is 5.75 Å². The maximum atomic E-state index is 12.4. The quantitative estimate of drug-likeness (QED) is 0.690. The third-order valence-corrected chi connectivity index (χ3v) is 3.96. The summed E-state index contributed by atoms with van der Waals surface area (Å²) in [5, 5.41) is 3.81. The van der Waals surface area contributed by atoms with Gasteiger partial charge in [-0.15, -0.1) is 0 Å². The minimum Gasteiger partial charge on any atom is -0.494 e. The smallest absolute Gasteiger partial charge is 0.337 e. The largest absolute Gasteiger partial charge is 0.494 e. The van der Waals surface area contributed by atoms with Crippen LogP contribution >= 0.6 is 0 Å². The molecule has 1 aromatic heterocycles. The zero-order valence-electron chi connectivity index (χ0n) is 14.7. The number of nitrogens with zero attached hydrogens (tertiary/aromatic N) is 1. The first kappa shape index (κ1) is 17.5. The van der Waals surface area contributed by atoms with Crippen LogP contribution in [0.15, 0.2) is 54.7 Å². The number of amides is 1. The van der Waals surface area contributed by atoms with Gasteiger partial charge in [0.25, 0.3) is 0 Å². The maximum Gasteiger partial charge on any atom is 0.337 e. The number of rotatable bonds is 6. The Labute approximate surface area is 151 Å². The lowest BCUT2D eigenvalue weighted by atomic mass is 10.1. The Morgan fingerprint density at radius 2 is 1.85 bits per heavy atom. The van der Waals surface area contributed by atoms with E-state index < -0.39 is 5.97 Å². The predicted octanol–water partition coefficient (Wildman–Crippen LogP) is 3.47. The Hall–Kier alpha value is -3.28. The van der Waals surface area contributed by atoms with Crippen LogP contribution in [-0.2, 0) is 16.1 Å². The number of hydrogen-bond acceptors (Lipinski definition) is 4. The molecule has 0 spiro atoms. The lowest BCUT2D eigenvalue weighted by molar-refractivity contribution is -0.116. The fourth-order valence-corrected chi connectivity index (χ4v) is 2.72. The van der Waals surface area contributed by atoms with Crippen molar-refractivity contribution in [1.82, 2.24) is 4.57 Å². The second-order valence-electron chi connectivity index (χ2n) is 5.71. The first-order chi connectivity index (χ1) is 12.6. The van der Waals surface area contributed by atoms with Gasteiger partial charge in [-0.2, -0.15) is 0 Å². The van der Waals surface area contributed by atoms with E-state index >= 15 is 0 Å². The number of ether oxygens (including phenoxy) is 2. The molecule has 0 aliphatic rings. The van der Waals surface area contributed by atoms with Gasteiger partial charge in [0.05, 0.1) is 19.3 Å². The molecule has 3 aromatic rings. The van der Waals surface area contributed by atoms with Crippen molar-refractivity contribution in [2.75, 3.05) is 19.0 Å². The van der Waals surface area contributed by atoms with E-state index in [1.165, 1.54) is 7.11 Å². The summed E-state index contributed by atoms with van der Waals surface area (Å²) in [6, 6.07) is 14.4. The van der Waals surface area contributed by atoms with Gasteiger partial charge in [0.15, 0.2) is 0 Å². The summed E-state index contributed by atoms with van der Waals surface area (Å²) in [5.41, 5.74) is 1.95. The number of hydrogen-bond donors (Lipinski definition) is 1. The number of benzene rings is 2. The van der Waals surface area contributed by atoms with Crippen LogP contribution in [0.2, 0.25) is 0 Å². The topological polar surface area (TPSA) is 69.6 Å². The molecule has 1 N–H and O–H groups in total. The molecule has 2 aromatic carbocycles. The van der Waals surface area contributed by atoms with E-state index in [0.717, 1.165) is 16.7 Å². The Bertz CT molecular complexity index is 929. The second kappa shape index (κ2) is 7.74. The number of esters is 1. The summed E-state index contributed by atoms with van der Waals surface area (Å²) >= 11 is 0. The first-order valence-electron chi connectivity index (χ1n) is 8.30. The van der Waals surface area contributed by atoms with E-state index in [-0.39, 0.29) is 12.5 Å². The standard InChI is InChI=1S/C20H20N2O4/c1-3-26-17-8-6-16(7-9-17)21-19(23)13-22-11-10-14-4-5-15(12-18(14)22)20(24)25-2/h4-12H,3,13H2,1-2H3,(H,21,23). The molecule has 6 nitrogen and oxygen atoms in total. The third kappa shape index (κ3) is 3.85. The van der Waals surface area contributed by atoms with Gasteiger partial charge in [-0.25, -0.2) is 4.79 Å². The monoisotopic (exact) mass is 352 g/mol. The normalized spacial score (nSPS) is 10.5. The molecular weight excluding hydrogens is 332 g/mol. The molecule has 134 valence electrons. The van der Waals surface area contributed by atoms with Gasteiger partial charge in [-0.1, -0.05) is 6.07 Å². The third-order valence-electron chi connectivity index (χ3n) is 3.96. The SMILES string of the molecule is CCOc1ccc(NC(=O)Cn2ccc3ccc(C(=O)OC)cc32)cc1. The van der Waals surface area contributed by atoms with E-state index in [2.05, 4.69) is 5.32 Å². The molecule has 0 saturated heterocycles.